The van der Waals surface area contributed by atoms with Crippen LogP contribution in [0, 0.1) is 0 Å². The molecule has 0 spiro atoms. The lowest BCUT2D eigenvalue weighted by atomic mass is 10.1. The molecule has 1 atom stereocenters. The molecule has 0 unspecified atom stereocenters. The van der Waals surface area contributed by atoms with Gasteiger partial charge in [-0.2, -0.15) is 0 Å². The zero-order chi connectivity index (χ0) is 21.1. The summed E-state index contributed by atoms with van der Waals surface area (Å²) in [6.45, 7) is -0.186. The minimum Gasteiger partial charge on any atom is -0.482 e. The third-order valence-corrected chi connectivity index (χ3v) is 5.30. The Bertz CT molecular complexity index is 1190. The number of imidazole rings is 1. The van der Waals surface area contributed by atoms with Crippen molar-refractivity contribution in [2.24, 2.45) is 7.05 Å². The van der Waals surface area contributed by atoms with Crippen LogP contribution in [-0.2, 0) is 11.8 Å². The average Bonchev–Trinajstić information content (AvgIpc) is 3.08. The van der Waals surface area contributed by atoms with Crippen LogP contribution in [-0.4, -0.2) is 22.1 Å². The normalized spacial score (nSPS) is 12.0. The summed E-state index contributed by atoms with van der Waals surface area (Å²) >= 11 is 12.0. The molecule has 1 heterocycles. The van der Waals surface area contributed by atoms with Gasteiger partial charge < -0.3 is 14.6 Å². The summed E-state index contributed by atoms with van der Waals surface area (Å²) < 4.78 is 7.58. The molecule has 30 heavy (non-hydrogen) atoms. The number of carbonyl (C=O) groups is 1. The number of para-hydroxylation sites is 2. The van der Waals surface area contributed by atoms with Gasteiger partial charge in [-0.1, -0.05) is 65.7 Å². The number of rotatable bonds is 6. The van der Waals surface area contributed by atoms with Gasteiger partial charge in [-0.3, -0.25) is 4.79 Å². The monoisotopic (exact) mass is 439 g/mol. The van der Waals surface area contributed by atoms with Crippen LogP contribution in [0.3, 0.4) is 0 Å². The van der Waals surface area contributed by atoms with Crippen molar-refractivity contribution in [2.45, 2.75) is 6.04 Å². The van der Waals surface area contributed by atoms with Crippen molar-refractivity contribution in [3.63, 3.8) is 0 Å². The molecule has 4 rings (SSSR count). The number of fused-ring (bicyclic) bond motifs is 1. The number of aromatic nitrogens is 2. The molecule has 7 heteroatoms. The van der Waals surface area contributed by atoms with E-state index < -0.39 is 6.04 Å². The predicted octanol–water partition coefficient (Wildman–Crippen LogP) is 5.16. The Morgan fingerprint density at radius 3 is 2.53 bits per heavy atom. The van der Waals surface area contributed by atoms with E-state index in [9.17, 15) is 4.79 Å². The maximum Gasteiger partial charge on any atom is 0.258 e. The largest absolute Gasteiger partial charge is 0.482 e. The Morgan fingerprint density at radius 1 is 1.07 bits per heavy atom. The second kappa shape index (κ2) is 8.78. The Hall–Kier alpha value is -3.02. The minimum absolute atomic E-state index is 0.186. The fraction of sp³-hybridized carbons (Fsp3) is 0.130. The molecule has 0 bridgehead atoms. The molecule has 0 saturated carbocycles. The average molecular weight is 440 g/mol. The van der Waals surface area contributed by atoms with Crippen molar-refractivity contribution in [1.29, 1.82) is 0 Å². The molecule has 1 amide bonds. The number of ether oxygens (including phenoxy) is 1. The summed E-state index contributed by atoms with van der Waals surface area (Å²) in [5.41, 5.74) is 2.79. The lowest BCUT2D eigenvalue weighted by Gasteiger charge is -2.19. The van der Waals surface area contributed by atoms with E-state index in [1.54, 1.807) is 18.2 Å². The summed E-state index contributed by atoms with van der Waals surface area (Å²) in [4.78, 5) is 17.5. The first-order valence-corrected chi connectivity index (χ1v) is 10.1. The molecule has 5 nitrogen and oxygen atoms in total. The van der Waals surface area contributed by atoms with Crippen LogP contribution in [0.2, 0.25) is 10.0 Å². The summed E-state index contributed by atoms with van der Waals surface area (Å²) in [5.74, 6) is 0.845. The van der Waals surface area contributed by atoms with Gasteiger partial charge in [-0.15, -0.1) is 0 Å². The number of aryl methyl sites for hydroxylation is 1. The van der Waals surface area contributed by atoms with Crippen LogP contribution >= 0.6 is 23.2 Å². The van der Waals surface area contributed by atoms with Gasteiger partial charge in [0.05, 0.1) is 16.1 Å². The van der Waals surface area contributed by atoms with E-state index in [4.69, 9.17) is 32.9 Å². The Balaban J connectivity index is 1.59. The van der Waals surface area contributed by atoms with Crippen molar-refractivity contribution in [1.82, 2.24) is 14.9 Å². The first-order valence-electron chi connectivity index (χ1n) is 9.36. The third-order valence-electron chi connectivity index (χ3n) is 4.77. The topological polar surface area (TPSA) is 56.2 Å². The second-order valence-corrected chi connectivity index (χ2v) is 7.64. The predicted molar refractivity (Wildman–Crippen MR) is 119 cm³/mol. The third kappa shape index (κ3) is 4.27. The smallest absolute Gasteiger partial charge is 0.258 e. The van der Waals surface area contributed by atoms with Crippen LogP contribution in [0.5, 0.6) is 5.75 Å². The summed E-state index contributed by atoms with van der Waals surface area (Å²) in [6, 6.07) is 22.0. The van der Waals surface area contributed by atoms with E-state index >= 15 is 0 Å². The maximum absolute atomic E-state index is 12.7. The van der Waals surface area contributed by atoms with E-state index in [2.05, 4.69) is 5.32 Å². The number of amides is 1. The highest BCUT2D eigenvalue weighted by molar-refractivity contribution is 6.35. The van der Waals surface area contributed by atoms with Gasteiger partial charge in [0.1, 0.15) is 17.6 Å². The van der Waals surface area contributed by atoms with Crippen molar-refractivity contribution < 1.29 is 9.53 Å². The van der Waals surface area contributed by atoms with Crippen LogP contribution < -0.4 is 10.1 Å². The summed E-state index contributed by atoms with van der Waals surface area (Å²) in [6.07, 6.45) is 0. The number of nitrogens with one attached hydrogen (secondary N) is 1. The standard InChI is InChI=1S/C23H19Cl2N3O2/c1-28-19-10-6-5-9-18(19)26-23(28)22(15-7-3-2-4-8-15)27-21(29)14-30-20-12-11-16(24)13-17(20)25/h2-13,22H,14H2,1H3,(H,27,29)/t22-/m0/s1. The molecular weight excluding hydrogens is 421 g/mol. The van der Waals surface area contributed by atoms with Gasteiger partial charge in [0.25, 0.3) is 5.91 Å². The zero-order valence-electron chi connectivity index (χ0n) is 16.2. The highest BCUT2D eigenvalue weighted by atomic mass is 35.5. The van der Waals surface area contributed by atoms with Crippen LogP contribution in [0.25, 0.3) is 11.0 Å². The second-order valence-electron chi connectivity index (χ2n) is 6.79. The first-order chi connectivity index (χ1) is 14.5. The number of halogens is 2. The molecule has 4 aromatic rings. The number of nitrogens with zero attached hydrogens (tertiary/aromatic N) is 2. The lowest BCUT2D eigenvalue weighted by molar-refractivity contribution is -0.123. The lowest BCUT2D eigenvalue weighted by Crippen LogP contribution is -2.34. The minimum atomic E-state index is -0.430. The number of benzene rings is 3. The molecule has 0 aliphatic heterocycles. The fourth-order valence-corrected chi connectivity index (χ4v) is 3.77. The fourth-order valence-electron chi connectivity index (χ4n) is 3.30. The first kappa shape index (κ1) is 20.3. The van der Waals surface area contributed by atoms with Gasteiger partial charge in [-0.25, -0.2) is 4.98 Å². The van der Waals surface area contributed by atoms with Gasteiger partial charge in [0, 0.05) is 12.1 Å². The van der Waals surface area contributed by atoms with Crippen molar-refractivity contribution in [2.75, 3.05) is 6.61 Å². The van der Waals surface area contributed by atoms with Gasteiger partial charge >= 0.3 is 0 Å². The summed E-state index contributed by atoms with van der Waals surface area (Å²) in [7, 11) is 1.94. The van der Waals surface area contributed by atoms with E-state index in [0.717, 1.165) is 22.4 Å². The van der Waals surface area contributed by atoms with Crippen molar-refractivity contribution in [3.8, 4) is 5.75 Å². The quantitative estimate of drug-likeness (QED) is 0.451. The van der Waals surface area contributed by atoms with E-state index in [-0.39, 0.29) is 12.5 Å². The zero-order valence-corrected chi connectivity index (χ0v) is 17.7. The Kier molecular flexibility index (Phi) is 5.93. The molecule has 3 aromatic carbocycles. The van der Waals surface area contributed by atoms with Crippen LogP contribution in [0.1, 0.15) is 17.4 Å². The Labute approximate surface area is 184 Å². The highest BCUT2D eigenvalue weighted by Gasteiger charge is 2.23. The number of hydrogen-bond donors (Lipinski definition) is 1. The van der Waals surface area contributed by atoms with Crippen LogP contribution in [0.4, 0.5) is 0 Å². The van der Waals surface area contributed by atoms with Crippen molar-refractivity contribution >= 4 is 40.1 Å². The maximum atomic E-state index is 12.7. The Morgan fingerprint density at radius 2 is 1.80 bits per heavy atom. The molecular formula is C23H19Cl2N3O2. The molecule has 1 N–H and O–H groups in total. The van der Waals surface area contributed by atoms with Gasteiger partial charge in [0.15, 0.2) is 6.61 Å². The molecule has 1 aromatic heterocycles. The highest BCUT2D eigenvalue weighted by Crippen LogP contribution is 2.28. The molecule has 0 radical (unpaired) electrons. The molecule has 0 fully saturated rings. The van der Waals surface area contributed by atoms with E-state index in [0.29, 0.717) is 15.8 Å². The van der Waals surface area contributed by atoms with Gasteiger partial charge in [0.2, 0.25) is 0 Å². The number of hydrogen-bond acceptors (Lipinski definition) is 3. The van der Waals surface area contributed by atoms with Crippen LogP contribution in [0.15, 0.2) is 72.8 Å². The molecule has 0 aliphatic rings. The van der Waals surface area contributed by atoms with E-state index in [1.807, 2.05) is 66.2 Å². The van der Waals surface area contributed by atoms with Gasteiger partial charge in [-0.05, 0) is 35.9 Å². The molecule has 0 saturated heterocycles. The van der Waals surface area contributed by atoms with E-state index in [1.165, 1.54) is 0 Å². The summed E-state index contributed by atoms with van der Waals surface area (Å²) in [5, 5.41) is 3.89. The number of carbonyl (C=O) groups excluding carboxylic acids is 1. The SMILES string of the molecule is Cn1c([C@@H](NC(=O)COc2ccc(Cl)cc2Cl)c2ccccc2)nc2ccccc21. The molecule has 0 aliphatic carbocycles. The van der Waals surface area contributed by atoms with Crippen molar-refractivity contribution in [3.05, 3.63) is 94.2 Å². The molecule has 152 valence electrons.